The Morgan fingerprint density at radius 1 is 1.55 bits per heavy atom. The van der Waals surface area contributed by atoms with Crippen molar-refractivity contribution in [1.29, 1.82) is 0 Å². The van der Waals surface area contributed by atoms with E-state index in [2.05, 4.69) is 0 Å². The SMILES string of the molecule is CN1C[C@@H]2CCC[C@@H]2OC1=O. The molecule has 3 nitrogen and oxygen atoms in total. The predicted molar refractivity (Wildman–Crippen MR) is 40.2 cm³/mol. The summed E-state index contributed by atoms with van der Waals surface area (Å²) in [6.45, 7) is 0.892. The first-order chi connectivity index (χ1) is 5.27. The molecule has 0 aromatic carbocycles. The van der Waals surface area contributed by atoms with Crippen LogP contribution in [0.1, 0.15) is 19.3 Å². The van der Waals surface area contributed by atoms with Gasteiger partial charge in [-0.2, -0.15) is 0 Å². The minimum atomic E-state index is -0.145. The summed E-state index contributed by atoms with van der Waals surface area (Å²) in [5.74, 6) is 0.609. The van der Waals surface area contributed by atoms with Crippen LogP contribution in [0.2, 0.25) is 0 Å². The molecule has 2 rings (SSSR count). The van der Waals surface area contributed by atoms with Crippen molar-refractivity contribution in [2.24, 2.45) is 5.92 Å². The summed E-state index contributed by atoms with van der Waals surface area (Å²) in [5.41, 5.74) is 0. The molecule has 62 valence electrons. The molecule has 1 aliphatic carbocycles. The second-order valence-electron chi connectivity index (χ2n) is 3.49. The van der Waals surface area contributed by atoms with Gasteiger partial charge in [-0.1, -0.05) is 0 Å². The van der Waals surface area contributed by atoms with Crippen LogP contribution in [0.15, 0.2) is 0 Å². The van der Waals surface area contributed by atoms with Gasteiger partial charge in [0.1, 0.15) is 6.10 Å². The molecule has 1 saturated heterocycles. The highest BCUT2D eigenvalue weighted by Crippen LogP contribution is 2.32. The van der Waals surface area contributed by atoms with Gasteiger partial charge in [0.05, 0.1) is 0 Å². The van der Waals surface area contributed by atoms with E-state index in [0.29, 0.717) is 5.92 Å². The van der Waals surface area contributed by atoms with Crippen molar-refractivity contribution in [2.75, 3.05) is 13.6 Å². The smallest absolute Gasteiger partial charge is 0.409 e. The number of ether oxygens (including phenoxy) is 1. The number of nitrogens with zero attached hydrogens (tertiary/aromatic N) is 1. The normalized spacial score (nSPS) is 36.8. The van der Waals surface area contributed by atoms with Crippen molar-refractivity contribution in [3.63, 3.8) is 0 Å². The molecular weight excluding hydrogens is 142 g/mol. The number of hydrogen-bond donors (Lipinski definition) is 0. The van der Waals surface area contributed by atoms with Gasteiger partial charge in [-0.15, -0.1) is 0 Å². The number of hydrogen-bond acceptors (Lipinski definition) is 2. The maximum Gasteiger partial charge on any atom is 0.409 e. The fourth-order valence-corrected chi connectivity index (χ4v) is 2.01. The van der Waals surface area contributed by atoms with Gasteiger partial charge in [0.15, 0.2) is 0 Å². The molecule has 0 radical (unpaired) electrons. The maximum atomic E-state index is 11.0. The zero-order valence-corrected chi connectivity index (χ0v) is 6.75. The van der Waals surface area contributed by atoms with E-state index >= 15 is 0 Å². The van der Waals surface area contributed by atoms with Gasteiger partial charge >= 0.3 is 6.09 Å². The van der Waals surface area contributed by atoms with Crippen molar-refractivity contribution in [3.8, 4) is 0 Å². The molecule has 0 N–H and O–H groups in total. The van der Waals surface area contributed by atoms with Crippen LogP contribution in [0.25, 0.3) is 0 Å². The second-order valence-corrected chi connectivity index (χ2v) is 3.49. The first-order valence-electron chi connectivity index (χ1n) is 4.19. The van der Waals surface area contributed by atoms with Gasteiger partial charge in [0.2, 0.25) is 0 Å². The quantitative estimate of drug-likeness (QED) is 0.526. The monoisotopic (exact) mass is 155 g/mol. The van der Waals surface area contributed by atoms with Crippen LogP contribution in [0.5, 0.6) is 0 Å². The number of carbonyl (C=O) groups is 1. The van der Waals surface area contributed by atoms with E-state index in [-0.39, 0.29) is 12.2 Å². The van der Waals surface area contributed by atoms with E-state index in [1.54, 1.807) is 11.9 Å². The average Bonchev–Trinajstić information content (AvgIpc) is 2.36. The molecule has 3 heteroatoms. The highest BCUT2D eigenvalue weighted by molar-refractivity contribution is 5.68. The average molecular weight is 155 g/mol. The molecule has 2 fully saturated rings. The van der Waals surface area contributed by atoms with Crippen LogP contribution in [-0.4, -0.2) is 30.7 Å². The molecule has 0 spiro atoms. The van der Waals surface area contributed by atoms with Crippen LogP contribution < -0.4 is 0 Å². The van der Waals surface area contributed by atoms with E-state index in [1.807, 2.05) is 0 Å². The fraction of sp³-hybridized carbons (Fsp3) is 0.875. The standard InChI is InChI=1S/C8H13NO2/c1-9-5-6-3-2-4-7(6)11-8(9)10/h6-7H,2-5H2,1H3/t6-,7-/m0/s1. The Morgan fingerprint density at radius 3 is 3.18 bits per heavy atom. The maximum absolute atomic E-state index is 11.0. The van der Waals surface area contributed by atoms with Crippen molar-refractivity contribution in [3.05, 3.63) is 0 Å². The van der Waals surface area contributed by atoms with Crippen molar-refractivity contribution >= 4 is 6.09 Å². The summed E-state index contributed by atoms with van der Waals surface area (Å²) in [7, 11) is 1.80. The van der Waals surface area contributed by atoms with Crippen LogP contribution in [0, 0.1) is 5.92 Å². The number of amides is 1. The fourth-order valence-electron chi connectivity index (χ4n) is 2.01. The second kappa shape index (κ2) is 2.40. The molecule has 1 amide bonds. The Balaban J connectivity index is 2.06. The Labute approximate surface area is 66.3 Å². The molecule has 0 aromatic rings. The zero-order chi connectivity index (χ0) is 7.84. The third-order valence-corrected chi connectivity index (χ3v) is 2.66. The van der Waals surface area contributed by atoms with Crippen molar-refractivity contribution < 1.29 is 9.53 Å². The van der Waals surface area contributed by atoms with Gasteiger partial charge < -0.3 is 9.64 Å². The summed E-state index contributed by atoms with van der Waals surface area (Å²) < 4.78 is 5.21. The lowest BCUT2D eigenvalue weighted by atomic mass is 10.0. The van der Waals surface area contributed by atoms with Gasteiger partial charge in [0, 0.05) is 19.5 Å². The Bertz CT molecular complexity index is 181. The van der Waals surface area contributed by atoms with Crippen LogP contribution in [-0.2, 0) is 4.74 Å². The third-order valence-electron chi connectivity index (χ3n) is 2.66. The zero-order valence-electron chi connectivity index (χ0n) is 6.75. The van der Waals surface area contributed by atoms with E-state index < -0.39 is 0 Å². The summed E-state index contributed by atoms with van der Waals surface area (Å²) >= 11 is 0. The minimum Gasteiger partial charge on any atom is -0.446 e. The van der Waals surface area contributed by atoms with Gasteiger partial charge in [-0.3, -0.25) is 0 Å². The topological polar surface area (TPSA) is 29.5 Å². The molecule has 2 atom stereocenters. The van der Waals surface area contributed by atoms with Gasteiger partial charge in [0.25, 0.3) is 0 Å². The summed E-state index contributed by atoms with van der Waals surface area (Å²) in [4.78, 5) is 12.7. The summed E-state index contributed by atoms with van der Waals surface area (Å²) in [6, 6.07) is 0. The number of rotatable bonds is 0. The molecule has 1 saturated carbocycles. The van der Waals surface area contributed by atoms with E-state index in [1.165, 1.54) is 12.8 Å². The first-order valence-corrected chi connectivity index (χ1v) is 4.19. The Kier molecular flexibility index (Phi) is 1.51. The van der Waals surface area contributed by atoms with Gasteiger partial charge in [-0.05, 0) is 19.3 Å². The van der Waals surface area contributed by atoms with Crippen molar-refractivity contribution in [1.82, 2.24) is 4.90 Å². The highest BCUT2D eigenvalue weighted by Gasteiger charge is 2.36. The summed E-state index contributed by atoms with van der Waals surface area (Å²) in [6.07, 6.45) is 3.61. The van der Waals surface area contributed by atoms with Crippen LogP contribution in [0.3, 0.4) is 0 Å². The van der Waals surface area contributed by atoms with Crippen LogP contribution >= 0.6 is 0 Å². The third kappa shape index (κ3) is 1.08. The molecule has 0 aromatic heterocycles. The van der Waals surface area contributed by atoms with E-state index in [0.717, 1.165) is 13.0 Å². The van der Waals surface area contributed by atoms with E-state index in [4.69, 9.17) is 4.74 Å². The lowest BCUT2D eigenvalue weighted by Gasteiger charge is -2.31. The molecule has 11 heavy (non-hydrogen) atoms. The molecule has 2 aliphatic rings. The lowest BCUT2D eigenvalue weighted by Crippen LogP contribution is -2.43. The number of fused-ring (bicyclic) bond motifs is 1. The molecule has 0 unspecified atom stereocenters. The summed E-state index contributed by atoms with van der Waals surface area (Å²) in [5, 5.41) is 0. The number of carbonyl (C=O) groups excluding carboxylic acids is 1. The predicted octanol–water partition coefficient (Wildman–Crippen LogP) is 1.24. The molecule has 1 aliphatic heterocycles. The van der Waals surface area contributed by atoms with E-state index in [9.17, 15) is 4.79 Å². The largest absolute Gasteiger partial charge is 0.446 e. The highest BCUT2D eigenvalue weighted by atomic mass is 16.6. The van der Waals surface area contributed by atoms with Crippen LogP contribution in [0.4, 0.5) is 4.79 Å². The molecular formula is C8H13NO2. The Morgan fingerprint density at radius 2 is 2.36 bits per heavy atom. The van der Waals surface area contributed by atoms with Gasteiger partial charge in [-0.25, -0.2) is 4.79 Å². The molecule has 1 heterocycles. The first kappa shape index (κ1) is 6.95. The lowest BCUT2D eigenvalue weighted by molar-refractivity contribution is 0.0100. The Hall–Kier alpha value is -0.730. The van der Waals surface area contributed by atoms with Crippen molar-refractivity contribution in [2.45, 2.75) is 25.4 Å². The minimum absolute atomic E-state index is 0.145. The molecule has 0 bridgehead atoms.